The molecule has 1 rings (SSSR count). The molecule has 0 spiro atoms. The van der Waals surface area contributed by atoms with Crippen molar-refractivity contribution in [2.45, 2.75) is 39.7 Å². The zero-order valence-electron chi connectivity index (χ0n) is 13.0. The number of ether oxygens (including phenoxy) is 1. The summed E-state index contributed by atoms with van der Waals surface area (Å²) >= 11 is 0. The Hall–Kier alpha value is -1.55. The number of rotatable bonds is 8. The Balaban J connectivity index is 2.84. The second kappa shape index (κ2) is 7.90. The van der Waals surface area contributed by atoms with E-state index in [9.17, 15) is 4.79 Å². The van der Waals surface area contributed by atoms with E-state index in [0.717, 1.165) is 25.9 Å². The lowest BCUT2D eigenvalue weighted by molar-refractivity contribution is 0.0843. The topological polar surface area (TPSA) is 55.6 Å². The summed E-state index contributed by atoms with van der Waals surface area (Å²) in [6.45, 7) is 8.03. The molecule has 0 fully saturated rings. The number of hydrogen-bond acceptors (Lipinski definition) is 4. The van der Waals surface area contributed by atoms with Gasteiger partial charge in [0, 0.05) is 5.56 Å². The maximum Gasteiger partial charge on any atom is 0.179 e. The quantitative estimate of drug-likeness (QED) is 0.586. The number of nitrogen functional groups attached to an aromatic ring is 1. The summed E-state index contributed by atoms with van der Waals surface area (Å²) in [5.41, 5.74) is 7.01. The predicted octanol–water partition coefficient (Wildman–Crippen LogP) is 2.97. The van der Waals surface area contributed by atoms with Crippen LogP contribution in [0.15, 0.2) is 18.2 Å². The Morgan fingerprint density at radius 3 is 2.60 bits per heavy atom. The van der Waals surface area contributed by atoms with Crippen molar-refractivity contribution in [2.24, 2.45) is 0 Å². The molecule has 0 radical (unpaired) electrons. The molecule has 0 aliphatic rings. The molecule has 1 aromatic carbocycles. The maximum absolute atomic E-state index is 12.5. The molecule has 4 nitrogen and oxygen atoms in total. The molecule has 0 saturated carbocycles. The molecule has 112 valence electrons. The third-order valence-electron chi connectivity index (χ3n) is 3.65. The van der Waals surface area contributed by atoms with E-state index in [1.54, 1.807) is 25.3 Å². The highest BCUT2D eigenvalue weighted by molar-refractivity contribution is 6.00. The average molecular weight is 278 g/mol. The molecule has 1 unspecified atom stereocenters. The minimum Gasteiger partial charge on any atom is -0.495 e. The van der Waals surface area contributed by atoms with Gasteiger partial charge in [-0.3, -0.25) is 9.69 Å². The summed E-state index contributed by atoms with van der Waals surface area (Å²) in [4.78, 5) is 14.7. The molecule has 0 bridgehead atoms. The minimum atomic E-state index is -0.126. The van der Waals surface area contributed by atoms with E-state index in [-0.39, 0.29) is 11.8 Å². The van der Waals surface area contributed by atoms with E-state index in [0.29, 0.717) is 17.0 Å². The first-order chi connectivity index (χ1) is 9.54. The summed E-state index contributed by atoms with van der Waals surface area (Å²) in [7, 11) is 1.57. The number of methoxy groups -OCH3 is 1. The number of carbonyl (C=O) groups excluding carboxylic acids is 1. The third kappa shape index (κ3) is 3.97. The van der Waals surface area contributed by atoms with Crippen LogP contribution in [0.5, 0.6) is 5.75 Å². The van der Waals surface area contributed by atoms with Crippen molar-refractivity contribution in [2.75, 3.05) is 25.9 Å². The van der Waals surface area contributed by atoms with Gasteiger partial charge in [0.05, 0.1) is 18.8 Å². The fourth-order valence-corrected chi connectivity index (χ4v) is 2.28. The van der Waals surface area contributed by atoms with Crippen LogP contribution in [-0.4, -0.2) is 36.9 Å². The van der Waals surface area contributed by atoms with E-state index >= 15 is 0 Å². The van der Waals surface area contributed by atoms with Crippen molar-refractivity contribution in [3.63, 3.8) is 0 Å². The molecule has 2 N–H and O–H groups in total. The normalized spacial score (nSPS) is 12.4. The van der Waals surface area contributed by atoms with Gasteiger partial charge < -0.3 is 10.5 Å². The van der Waals surface area contributed by atoms with Crippen molar-refractivity contribution >= 4 is 11.5 Å². The molecule has 20 heavy (non-hydrogen) atoms. The standard InChI is InChI=1S/C16H26N2O2/c1-5-7-10-18(6-2)12(3)16(19)13-8-9-15(20-4)14(17)11-13/h8-9,11-12H,5-7,10,17H2,1-4H3. The summed E-state index contributed by atoms with van der Waals surface area (Å²) in [6, 6.07) is 5.10. The predicted molar refractivity (Wildman–Crippen MR) is 83.4 cm³/mol. The fraction of sp³-hybridized carbons (Fsp3) is 0.562. The van der Waals surface area contributed by atoms with Crippen LogP contribution in [0, 0.1) is 0 Å². The molecule has 0 heterocycles. The molecule has 1 atom stereocenters. The van der Waals surface area contributed by atoms with Crippen molar-refractivity contribution in [1.29, 1.82) is 0 Å². The number of unbranched alkanes of at least 4 members (excludes halogenated alkanes) is 1. The molecule has 0 aromatic heterocycles. The number of anilines is 1. The summed E-state index contributed by atoms with van der Waals surface area (Å²) < 4.78 is 5.12. The van der Waals surface area contributed by atoms with Crippen LogP contribution >= 0.6 is 0 Å². The minimum absolute atomic E-state index is 0.109. The highest BCUT2D eigenvalue weighted by Crippen LogP contribution is 2.23. The molecule has 1 aromatic rings. The van der Waals surface area contributed by atoms with Crippen LogP contribution < -0.4 is 10.5 Å². The van der Waals surface area contributed by atoms with Gasteiger partial charge in [0.2, 0.25) is 0 Å². The number of carbonyl (C=O) groups is 1. The SMILES string of the molecule is CCCCN(CC)C(C)C(=O)c1ccc(OC)c(N)c1. The van der Waals surface area contributed by atoms with E-state index in [4.69, 9.17) is 10.5 Å². The molecule has 0 saturated heterocycles. The van der Waals surface area contributed by atoms with E-state index in [1.807, 2.05) is 6.92 Å². The van der Waals surface area contributed by atoms with Crippen molar-refractivity contribution < 1.29 is 9.53 Å². The van der Waals surface area contributed by atoms with Gasteiger partial charge in [0.25, 0.3) is 0 Å². The first-order valence-electron chi connectivity index (χ1n) is 7.26. The monoisotopic (exact) mass is 278 g/mol. The van der Waals surface area contributed by atoms with Crippen molar-refractivity contribution in [3.8, 4) is 5.75 Å². The molecule has 0 aliphatic carbocycles. The van der Waals surface area contributed by atoms with Crippen molar-refractivity contribution in [1.82, 2.24) is 4.90 Å². The fourth-order valence-electron chi connectivity index (χ4n) is 2.28. The summed E-state index contributed by atoms with van der Waals surface area (Å²) in [6.07, 6.45) is 2.24. The highest BCUT2D eigenvalue weighted by Gasteiger charge is 2.21. The Bertz CT molecular complexity index is 446. The van der Waals surface area contributed by atoms with Crippen LogP contribution in [0.2, 0.25) is 0 Å². The molecule has 4 heteroatoms. The Morgan fingerprint density at radius 1 is 1.40 bits per heavy atom. The average Bonchev–Trinajstić information content (AvgIpc) is 2.46. The van der Waals surface area contributed by atoms with Crippen LogP contribution in [0.1, 0.15) is 44.0 Å². The second-order valence-electron chi connectivity index (χ2n) is 4.98. The van der Waals surface area contributed by atoms with Gasteiger partial charge in [-0.25, -0.2) is 0 Å². The molecule has 0 aliphatic heterocycles. The van der Waals surface area contributed by atoms with Crippen LogP contribution in [-0.2, 0) is 0 Å². The smallest absolute Gasteiger partial charge is 0.179 e. The molecular formula is C16H26N2O2. The van der Waals surface area contributed by atoms with Crippen LogP contribution in [0.4, 0.5) is 5.69 Å². The van der Waals surface area contributed by atoms with E-state index in [2.05, 4.69) is 18.7 Å². The summed E-state index contributed by atoms with van der Waals surface area (Å²) in [5.74, 6) is 0.713. The van der Waals surface area contributed by atoms with Crippen LogP contribution in [0.3, 0.4) is 0 Å². The van der Waals surface area contributed by atoms with Gasteiger partial charge in [0.15, 0.2) is 5.78 Å². The van der Waals surface area contributed by atoms with Gasteiger partial charge in [-0.05, 0) is 44.6 Å². The van der Waals surface area contributed by atoms with Gasteiger partial charge in [-0.1, -0.05) is 20.3 Å². The lowest BCUT2D eigenvalue weighted by Gasteiger charge is -2.26. The third-order valence-corrected chi connectivity index (χ3v) is 3.65. The van der Waals surface area contributed by atoms with E-state index in [1.165, 1.54) is 0 Å². The maximum atomic E-state index is 12.5. The first kappa shape index (κ1) is 16.5. The number of Topliss-reactive ketones (excluding diaryl/α,β-unsaturated/α-hetero) is 1. The number of nitrogens with two attached hydrogens (primary N) is 1. The van der Waals surface area contributed by atoms with Crippen LogP contribution in [0.25, 0.3) is 0 Å². The molecule has 0 amide bonds. The Labute approximate surface area is 121 Å². The van der Waals surface area contributed by atoms with E-state index < -0.39 is 0 Å². The largest absolute Gasteiger partial charge is 0.495 e. The summed E-state index contributed by atoms with van der Waals surface area (Å²) in [5, 5.41) is 0. The van der Waals surface area contributed by atoms with Gasteiger partial charge >= 0.3 is 0 Å². The lowest BCUT2D eigenvalue weighted by atomic mass is 10.0. The van der Waals surface area contributed by atoms with Gasteiger partial charge in [0.1, 0.15) is 5.75 Å². The second-order valence-corrected chi connectivity index (χ2v) is 4.98. The number of likely N-dealkylation sites (N-methyl/N-ethyl adjacent to an activating group) is 1. The first-order valence-corrected chi connectivity index (χ1v) is 7.26. The number of ketones is 1. The number of benzene rings is 1. The van der Waals surface area contributed by atoms with Crippen molar-refractivity contribution in [3.05, 3.63) is 23.8 Å². The Morgan fingerprint density at radius 2 is 2.10 bits per heavy atom. The van der Waals surface area contributed by atoms with Gasteiger partial charge in [-0.15, -0.1) is 0 Å². The number of hydrogen-bond donors (Lipinski definition) is 1. The molecular weight excluding hydrogens is 252 g/mol. The number of nitrogens with zero attached hydrogens (tertiary/aromatic N) is 1. The van der Waals surface area contributed by atoms with Gasteiger partial charge in [-0.2, -0.15) is 0 Å². The Kier molecular flexibility index (Phi) is 6.52. The zero-order valence-corrected chi connectivity index (χ0v) is 13.0. The lowest BCUT2D eigenvalue weighted by Crippen LogP contribution is -2.39. The highest BCUT2D eigenvalue weighted by atomic mass is 16.5. The zero-order chi connectivity index (χ0) is 15.1.